The molecule has 2 bridgehead atoms. The van der Waals surface area contributed by atoms with Crippen LogP contribution in [0.1, 0.15) is 27.2 Å². The Kier molecular flexibility index (Phi) is 1.85. The Morgan fingerprint density at radius 2 is 1.95 bits per heavy atom. The summed E-state index contributed by atoms with van der Waals surface area (Å²) in [6, 6.07) is 0. The SMILES string of the molecule is CC(C)(O)[C@@H]1[C@H]2OC(=O)[C@@H]1[C@]1(O)CC3OC34C(=O)O[C@H]2[C@@]41C. The normalized spacial score (nSPS) is 60.7. The molecule has 0 aromatic heterocycles. The standard InChI is InChI=1S/C15H18O7/c1-12(2,18)6-7-10(16)20-8(6)9-13(3)14(7,19)4-5-15(13,22-5)11(17)21-9/h5-9,18-19H,4H2,1-3H3/t5?,6-,7+,8+,9+,13+,14+,15?/m0/s1. The molecule has 8 atom stereocenters. The number of carbonyl (C=O) groups is 2. The maximum Gasteiger partial charge on any atom is 0.342 e. The van der Waals surface area contributed by atoms with Crippen LogP contribution in [0.15, 0.2) is 0 Å². The van der Waals surface area contributed by atoms with E-state index >= 15 is 0 Å². The van der Waals surface area contributed by atoms with E-state index in [0.29, 0.717) is 0 Å². The van der Waals surface area contributed by atoms with E-state index in [4.69, 9.17) is 14.2 Å². The summed E-state index contributed by atoms with van der Waals surface area (Å²) in [4.78, 5) is 24.8. The molecule has 3 saturated heterocycles. The van der Waals surface area contributed by atoms with E-state index in [2.05, 4.69) is 0 Å². The first-order chi connectivity index (χ1) is 10.1. The summed E-state index contributed by atoms with van der Waals surface area (Å²) in [5.41, 5.74) is -4.89. The smallest absolute Gasteiger partial charge is 0.342 e. The van der Waals surface area contributed by atoms with E-state index in [1.807, 2.05) is 0 Å². The summed E-state index contributed by atoms with van der Waals surface area (Å²) in [6.45, 7) is 4.92. The average molecular weight is 310 g/mol. The molecule has 3 aliphatic heterocycles. The number of hydrogen-bond donors (Lipinski definition) is 2. The molecule has 2 aliphatic carbocycles. The number of fused-ring (bicyclic) bond motifs is 4. The van der Waals surface area contributed by atoms with E-state index in [1.54, 1.807) is 20.8 Å². The van der Waals surface area contributed by atoms with Gasteiger partial charge in [0.2, 0.25) is 5.60 Å². The molecule has 7 nitrogen and oxygen atoms in total. The highest BCUT2D eigenvalue weighted by atomic mass is 16.7. The zero-order valence-corrected chi connectivity index (χ0v) is 12.5. The number of epoxide rings is 1. The van der Waals surface area contributed by atoms with Gasteiger partial charge in [0.05, 0.1) is 22.5 Å². The first-order valence-corrected chi connectivity index (χ1v) is 7.63. The lowest BCUT2D eigenvalue weighted by Crippen LogP contribution is -2.68. The van der Waals surface area contributed by atoms with Crippen LogP contribution in [0.4, 0.5) is 0 Å². The van der Waals surface area contributed by atoms with Gasteiger partial charge in [0.15, 0.2) is 6.10 Å². The number of rotatable bonds is 1. The van der Waals surface area contributed by atoms with Crippen LogP contribution in [0.25, 0.3) is 0 Å². The third kappa shape index (κ3) is 0.962. The molecule has 0 amide bonds. The summed E-state index contributed by atoms with van der Waals surface area (Å²) >= 11 is 0. The van der Waals surface area contributed by atoms with Gasteiger partial charge in [-0.05, 0) is 20.8 Å². The Labute approximate surface area is 126 Å². The predicted molar refractivity (Wildman–Crippen MR) is 68.3 cm³/mol. The van der Waals surface area contributed by atoms with Crippen LogP contribution in [0.2, 0.25) is 0 Å². The molecule has 0 radical (unpaired) electrons. The lowest BCUT2D eigenvalue weighted by atomic mass is 9.52. The Bertz CT molecular complexity index is 638. The van der Waals surface area contributed by atoms with Crippen LogP contribution in [-0.2, 0) is 23.8 Å². The lowest BCUT2D eigenvalue weighted by molar-refractivity contribution is -0.223. The van der Waals surface area contributed by atoms with Gasteiger partial charge < -0.3 is 24.4 Å². The third-order valence-corrected chi connectivity index (χ3v) is 6.85. The molecule has 7 heteroatoms. The minimum Gasteiger partial charge on any atom is -0.458 e. The number of esters is 2. The third-order valence-electron chi connectivity index (χ3n) is 6.85. The highest BCUT2D eigenvalue weighted by Crippen LogP contribution is 2.77. The molecule has 5 rings (SSSR count). The first kappa shape index (κ1) is 13.3. The van der Waals surface area contributed by atoms with Crippen LogP contribution in [0.3, 0.4) is 0 Å². The minimum absolute atomic E-state index is 0.189. The van der Waals surface area contributed by atoms with E-state index in [0.717, 1.165) is 0 Å². The van der Waals surface area contributed by atoms with Gasteiger partial charge in [-0.1, -0.05) is 0 Å². The number of hydrogen-bond acceptors (Lipinski definition) is 7. The topological polar surface area (TPSA) is 106 Å². The maximum atomic E-state index is 12.4. The van der Waals surface area contributed by atoms with Crippen LogP contribution in [0.5, 0.6) is 0 Å². The molecular formula is C15H18O7. The Morgan fingerprint density at radius 3 is 2.59 bits per heavy atom. The van der Waals surface area contributed by atoms with Crippen molar-refractivity contribution in [3.8, 4) is 0 Å². The monoisotopic (exact) mass is 310 g/mol. The van der Waals surface area contributed by atoms with E-state index in [9.17, 15) is 19.8 Å². The second kappa shape index (κ2) is 3.07. The largest absolute Gasteiger partial charge is 0.458 e. The van der Waals surface area contributed by atoms with Gasteiger partial charge >= 0.3 is 11.9 Å². The van der Waals surface area contributed by atoms with E-state index < -0.39 is 64.3 Å². The summed E-state index contributed by atoms with van der Waals surface area (Å²) in [6.07, 6.45) is -1.78. The van der Waals surface area contributed by atoms with Crippen LogP contribution >= 0.6 is 0 Å². The van der Waals surface area contributed by atoms with Crippen LogP contribution < -0.4 is 0 Å². The molecule has 2 N–H and O–H groups in total. The van der Waals surface area contributed by atoms with Crippen LogP contribution in [0, 0.1) is 17.3 Å². The van der Waals surface area contributed by atoms with Crippen molar-refractivity contribution in [3.05, 3.63) is 0 Å². The number of ether oxygens (including phenoxy) is 3. The van der Waals surface area contributed by atoms with Crippen molar-refractivity contribution in [2.24, 2.45) is 17.3 Å². The highest BCUT2D eigenvalue weighted by molar-refractivity contribution is 5.91. The zero-order chi connectivity index (χ0) is 15.9. The molecule has 1 spiro atoms. The van der Waals surface area contributed by atoms with Crippen molar-refractivity contribution >= 4 is 11.9 Å². The van der Waals surface area contributed by atoms with Gasteiger partial charge in [-0.15, -0.1) is 0 Å². The second-order valence-electron chi connectivity index (χ2n) is 8.06. The molecule has 22 heavy (non-hydrogen) atoms. The summed E-state index contributed by atoms with van der Waals surface area (Å²) in [5, 5.41) is 21.9. The van der Waals surface area contributed by atoms with Crippen molar-refractivity contribution < 1.29 is 34.0 Å². The Balaban J connectivity index is 1.76. The van der Waals surface area contributed by atoms with Crippen molar-refractivity contribution in [2.45, 2.75) is 62.3 Å². The van der Waals surface area contributed by atoms with Crippen molar-refractivity contribution in [2.75, 3.05) is 0 Å². The van der Waals surface area contributed by atoms with E-state index in [-0.39, 0.29) is 6.42 Å². The zero-order valence-electron chi connectivity index (χ0n) is 12.5. The second-order valence-corrected chi connectivity index (χ2v) is 8.06. The molecule has 0 aromatic carbocycles. The predicted octanol–water partition coefficient (Wildman–Crippen LogP) is -0.867. The summed E-state index contributed by atoms with van der Waals surface area (Å²) in [5.74, 6) is -2.51. The summed E-state index contributed by atoms with van der Waals surface area (Å²) in [7, 11) is 0. The van der Waals surface area contributed by atoms with Gasteiger partial charge in [0.25, 0.3) is 0 Å². The number of aliphatic hydroxyl groups is 2. The molecule has 5 fully saturated rings. The van der Waals surface area contributed by atoms with E-state index in [1.165, 1.54) is 0 Å². The Morgan fingerprint density at radius 1 is 1.27 bits per heavy atom. The van der Waals surface area contributed by atoms with Crippen molar-refractivity contribution in [1.82, 2.24) is 0 Å². The minimum atomic E-state index is -1.47. The van der Waals surface area contributed by atoms with Gasteiger partial charge in [-0.25, -0.2) is 4.79 Å². The maximum absolute atomic E-state index is 12.4. The quantitative estimate of drug-likeness (QED) is 0.479. The molecular weight excluding hydrogens is 292 g/mol. The van der Waals surface area contributed by atoms with Gasteiger partial charge in [-0.3, -0.25) is 4.79 Å². The molecule has 3 heterocycles. The number of carbonyl (C=O) groups excluding carboxylic acids is 2. The van der Waals surface area contributed by atoms with Crippen molar-refractivity contribution in [3.63, 3.8) is 0 Å². The van der Waals surface area contributed by atoms with Gasteiger partial charge in [0, 0.05) is 12.3 Å². The molecule has 0 aromatic rings. The lowest BCUT2D eigenvalue weighted by Gasteiger charge is -2.53. The van der Waals surface area contributed by atoms with Crippen LogP contribution in [-0.4, -0.2) is 57.3 Å². The van der Waals surface area contributed by atoms with Gasteiger partial charge in [-0.2, -0.15) is 0 Å². The fourth-order valence-corrected chi connectivity index (χ4v) is 5.83. The first-order valence-electron chi connectivity index (χ1n) is 7.63. The van der Waals surface area contributed by atoms with Gasteiger partial charge in [0.1, 0.15) is 12.2 Å². The highest BCUT2D eigenvalue weighted by Gasteiger charge is 2.95. The molecule has 2 unspecified atom stereocenters. The fourth-order valence-electron chi connectivity index (χ4n) is 5.83. The molecule has 2 saturated carbocycles. The molecule has 5 aliphatic rings. The van der Waals surface area contributed by atoms with Crippen molar-refractivity contribution in [1.29, 1.82) is 0 Å². The average Bonchev–Trinajstić information content (AvgIpc) is 2.85. The molecule has 120 valence electrons. The fraction of sp³-hybridized carbons (Fsp3) is 0.867. The Hall–Kier alpha value is -1.18. The summed E-state index contributed by atoms with van der Waals surface area (Å²) < 4.78 is 16.5.